The van der Waals surface area contributed by atoms with Gasteiger partial charge in [0.1, 0.15) is 0 Å². The Kier molecular flexibility index (Phi) is 12.5. The van der Waals surface area contributed by atoms with Gasteiger partial charge in [-0.25, -0.2) is 0 Å². The van der Waals surface area contributed by atoms with Crippen LogP contribution in [0.2, 0.25) is 0 Å². The maximum Gasteiger partial charge on any atom is 0.191 e. The van der Waals surface area contributed by atoms with E-state index in [1.165, 1.54) is 6.54 Å². The highest BCUT2D eigenvalue weighted by molar-refractivity contribution is 14.0. The Morgan fingerprint density at radius 3 is 2.36 bits per heavy atom. The molecule has 0 amide bonds. The van der Waals surface area contributed by atoms with Crippen LogP contribution < -0.4 is 10.6 Å². The molecule has 1 rings (SSSR count). The number of hydrogen-bond acceptors (Lipinski definition) is 3. The molecule has 0 aromatic rings. The van der Waals surface area contributed by atoms with Gasteiger partial charge < -0.3 is 15.5 Å². The van der Waals surface area contributed by atoms with E-state index in [2.05, 4.69) is 41.3 Å². The third kappa shape index (κ3) is 10.8. The Morgan fingerprint density at radius 2 is 1.88 bits per heavy atom. The van der Waals surface area contributed by atoms with Crippen molar-refractivity contribution in [2.45, 2.75) is 65.2 Å². The number of hydrogen-bond donors (Lipinski definition) is 2. The molecule has 0 bridgehead atoms. The first kappa shape index (κ1) is 25.1. The first-order valence-corrected chi connectivity index (χ1v) is 10.7. The monoisotopic (exact) mass is 486 g/mol. The standard InChI is InChI=1S/C18H38N4OS.HI/c1-7-19-17(20-10-13-24(23)18(4,5)6)21-16-8-11-22(12-9-16)14-15(2)3;/h15-16H,7-14H2,1-6H3,(H2,19,20,21);1H. The fourth-order valence-electron chi connectivity index (χ4n) is 2.84. The summed E-state index contributed by atoms with van der Waals surface area (Å²) in [6.07, 6.45) is 2.32. The van der Waals surface area contributed by atoms with Crippen molar-refractivity contribution in [3.63, 3.8) is 0 Å². The second-order valence-corrected chi connectivity index (χ2v) is 10.4. The van der Waals surface area contributed by atoms with E-state index in [9.17, 15) is 4.21 Å². The highest BCUT2D eigenvalue weighted by Gasteiger charge is 2.21. The van der Waals surface area contributed by atoms with Crippen molar-refractivity contribution in [3.05, 3.63) is 0 Å². The normalized spacial score (nSPS) is 18.8. The van der Waals surface area contributed by atoms with Crippen LogP contribution >= 0.6 is 24.0 Å². The largest absolute Gasteiger partial charge is 0.357 e. The summed E-state index contributed by atoms with van der Waals surface area (Å²) in [6.45, 7) is 17.6. The zero-order valence-electron chi connectivity index (χ0n) is 16.9. The van der Waals surface area contributed by atoms with Crippen LogP contribution in [0.3, 0.4) is 0 Å². The molecule has 150 valence electrons. The Balaban J connectivity index is 0.00000576. The molecule has 1 fully saturated rings. The topological polar surface area (TPSA) is 56.7 Å². The van der Waals surface area contributed by atoms with Crippen molar-refractivity contribution in [1.29, 1.82) is 0 Å². The van der Waals surface area contributed by atoms with Gasteiger partial charge >= 0.3 is 0 Å². The van der Waals surface area contributed by atoms with Gasteiger partial charge in [0.2, 0.25) is 0 Å². The molecule has 1 saturated heterocycles. The quantitative estimate of drug-likeness (QED) is 0.330. The van der Waals surface area contributed by atoms with Gasteiger partial charge in [-0.2, -0.15) is 0 Å². The number of guanidine groups is 1. The van der Waals surface area contributed by atoms with Gasteiger partial charge in [0.15, 0.2) is 5.96 Å². The number of likely N-dealkylation sites (tertiary alicyclic amines) is 1. The second kappa shape index (κ2) is 12.5. The smallest absolute Gasteiger partial charge is 0.191 e. The van der Waals surface area contributed by atoms with Crippen molar-refractivity contribution in [2.24, 2.45) is 10.9 Å². The first-order valence-electron chi connectivity index (χ1n) is 9.38. The molecular weight excluding hydrogens is 447 g/mol. The molecule has 25 heavy (non-hydrogen) atoms. The minimum absolute atomic E-state index is 0. The molecule has 1 heterocycles. The van der Waals surface area contributed by atoms with E-state index in [1.807, 2.05) is 20.8 Å². The van der Waals surface area contributed by atoms with Gasteiger partial charge in [0.25, 0.3) is 0 Å². The first-order chi connectivity index (χ1) is 11.2. The van der Waals surface area contributed by atoms with Crippen LogP contribution in [-0.4, -0.2) is 64.3 Å². The number of nitrogens with zero attached hydrogens (tertiary/aromatic N) is 2. The Bertz CT molecular complexity index is 416. The van der Waals surface area contributed by atoms with Crippen LogP contribution in [0.1, 0.15) is 54.4 Å². The van der Waals surface area contributed by atoms with Crippen molar-refractivity contribution < 1.29 is 4.21 Å². The summed E-state index contributed by atoms with van der Waals surface area (Å²) in [5.74, 6) is 2.22. The second-order valence-electron chi connectivity index (χ2n) is 8.04. The van der Waals surface area contributed by atoms with Gasteiger partial charge in [0.05, 0.1) is 6.54 Å². The number of aliphatic imine (C=N–C) groups is 1. The molecule has 1 unspecified atom stereocenters. The lowest BCUT2D eigenvalue weighted by Crippen LogP contribution is -2.49. The zero-order valence-corrected chi connectivity index (χ0v) is 20.1. The maximum absolute atomic E-state index is 12.1. The average Bonchev–Trinajstić information content (AvgIpc) is 2.47. The van der Waals surface area contributed by atoms with Crippen molar-refractivity contribution in [2.75, 3.05) is 38.5 Å². The Labute approximate surface area is 174 Å². The third-order valence-electron chi connectivity index (χ3n) is 4.13. The predicted octanol–water partition coefficient (Wildman–Crippen LogP) is 2.83. The number of rotatable bonds is 7. The SMILES string of the molecule is CCNC(=NCCS(=O)C(C)(C)C)NC1CCN(CC(C)C)CC1.I. The summed E-state index contributed by atoms with van der Waals surface area (Å²) in [6, 6.07) is 0.485. The summed E-state index contributed by atoms with van der Waals surface area (Å²) >= 11 is 0. The molecule has 0 spiro atoms. The molecule has 1 aliphatic rings. The van der Waals surface area contributed by atoms with E-state index in [4.69, 9.17) is 0 Å². The lowest BCUT2D eigenvalue weighted by Gasteiger charge is -2.34. The predicted molar refractivity (Wildman–Crippen MR) is 122 cm³/mol. The van der Waals surface area contributed by atoms with Crippen LogP contribution in [0.25, 0.3) is 0 Å². The molecule has 0 saturated carbocycles. The van der Waals surface area contributed by atoms with Crippen molar-refractivity contribution in [3.8, 4) is 0 Å². The number of piperidine rings is 1. The molecule has 1 atom stereocenters. The molecule has 1 aliphatic heterocycles. The van der Waals surface area contributed by atoms with E-state index < -0.39 is 10.8 Å². The van der Waals surface area contributed by atoms with Crippen LogP contribution in [0, 0.1) is 5.92 Å². The zero-order chi connectivity index (χ0) is 18.2. The van der Waals surface area contributed by atoms with E-state index in [1.54, 1.807) is 0 Å². The highest BCUT2D eigenvalue weighted by atomic mass is 127. The lowest BCUT2D eigenvalue weighted by molar-refractivity contribution is 0.187. The van der Waals surface area contributed by atoms with Crippen LogP contribution in [0.5, 0.6) is 0 Å². The molecule has 5 nitrogen and oxygen atoms in total. The fourth-order valence-corrected chi connectivity index (χ4v) is 3.71. The molecule has 0 radical (unpaired) electrons. The molecular formula is C18H39IN4OS. The number of nitrogens with one attached hydrogen (secondary N) is 2. The maximum atomic E-state index is 12.1. The lowest BCUT2D eigenvalue weighted by atomic mass is 10.0. The molecule has 2 N–H and O–H groups in total. The minimum atomic E-state index is -0.844. The van der Waals surface area contributed by atoms with Gasteiger partial charge in [0, 0.05) is 53.5 Å². The van der Waals surface area contributed by atoms with Crippen molar-refractivity contribution >= 4 is 40.7 Å². The summed E-state index contributed by atoms with van der Waals surface area (Å²) < 4.78 is 12.0. The van der Waals surface area contributed by atoms with Crippen molar-refractivity contribution in [1.82, 2.24) is 15.5 Å². The van der Waals surface area contributed by atoms with E-state index in [0.717, 1.165) is 44.4 Å². The van der Waals surface area contributed by atoms with Crippen LogP contribution in [-0.2, 0) is 10.8 Å². The van der Waals surface area contributed by atoms with Crippen LogP contribution in [0.15, 0.2) is 4.99 Å². The highest BCUT2D eigenvalue weighted by Crippen LogP contribution is 2.12. The molecule has 0 aromatic carbocycles. The molecule has 0 aromatic heterocycles. The Hall–Kier alpha value is 0.110. The third-order valence-corrected chi connectivity index (χ3v) is 6.04. The minimum Gasteiger partial charge on any atom is -0.357 e. The van der Waals surface area contributed by atoms with Gasteiger partial charge in [-0.15, -0.1) is 24.0 Å². The fraction of sp³-hybridized carbons (Fsp3) is 0.944. The summed E-state index contributed by atoms with van der Waals surface area (Å²) in [5, 5.41) is 6.87. The van der Waals surface area contributed by atoms with Crippen LogP contribution in [0.4, 0.5) is 0 Å². The van der Waals surface area contributed by atoms with Gasteiger partial charge in [-0.1, -0.05) is 13.8 Å². The summed E-state index contributed by atoms with van der Waals surface area (Å²) in [7, 11) is -0.844. The van der Waals surface area contributed by atoms with Gasteiger partial charge in [-0.3, -0.25) is 9.20 Å². The molecule has 7 heteroatoms. The summed E-state index contributed by atoms with van der Waals surface area (Å²) in [5.41, 5.74) is 0. The molecule has 0 aliphatic carbocycles. The summed E-state index contributed by atoms with van der Waals surface area (Å²) in [4.78, 5) is 7.17. The Morgan fingerprint density at radius 1 is 1.28 bits per heavy atom. The van der Waals surface area contributed by atoms with Gasteiger partial charge in [-0.05, 0) is 46.5 Å². The number of halogens is 1. The van der Waals surface area contributed by atoms with E-state index in [0.29, 0.717) is 18.3 Å². The average molecular weight is 487 g/mol. The van der Waals surface area contributed by atoms with E-state index in [-0.39, 0.29) is 28.7 Å². The van der Waals surface area contributed by atoms with E-state index >= 15 is 0 Å².